The molecule has 0 aliphatic heterocycles. The highest BCUT2D eigenvalue weighted by molar-refractivity contribution is 5.89. The third kappa shape index (κ3) is 2.29. The van der Waals surface area contributed by atoms with Crippen molar-refractivity contribution in [2.75, 3.05) is 7.11 Å². The highest BCUT2D eigenvalue weighted by Gasteiger charge is 2.19. The number of ether oxygens (including phenoxy) is 1. The molecule has 0 unspecified atom stereocenters. The SMILES string of the molecule is COc1c(-c2cc(=O)n3nc(C)c(-c4ccccn4)c3[nH]2)ccc2[nH]nnc12. The number of fused-ring (bicyclic) bond motifs is 2. The van der Waals surface area contributed by atoms with Crippen LogP contribution in [0.15, 0.2) is 47.4 Å². The fourth-order valence-electron chi connectivity index (χ4n) is 3.42. The molecule has 0 amide bonds. The van der Waals surface area contributed by atoms with Gasteiger partial charge < -0.3 is 9.72 Å². The molecule has 9 heteroatoms. The topological polar surface area (TPSA) is 114 Å². The van der Waals surface area contributed by atoms with Gasteiger partial charge in [0, 0.05) is 17.8 Å². The Bertz CT molecular complexity index is 1380. The van der Waals surface area contributed by atoms with E-state index in [2.05, 4.69) is 30.5 Å². The van der Waals surface area contributed by atoms with Crippen LogP contribution in [0, 0.1) is 6.92 Å². The third-order valence-corrected chi connectivity index (χ3v) is 4.66. The van der Waals surface area contributed by atoms with Crippen molar-refractivity contribution in [3.8, 4) is 28.3 Å². The monoisotopic (exact) mass is 373 g/mol. The number of pyridine rings is 1. The van der Waals surface area contributed by atoms with E-state index in [0.717, 1.165) is 16.8 Å². The number of aromatic amines is 2. The van der Waals surface area contributed by atoms with Crippen molar-refractivity contribution >= 4 is 16.7 Å². The number of hydrogen-bond acceptors (Lipinski definition) is 6. The molecule has 0 atom stereocenters. The van der Waals surface area contributed by atoms with E-state index in [1.54, 1.807) is 13.3 Å². The minimum absolute atomic E-state index is 0.253. The number of rotatable bonds is 3. The first-order valence-electron chi connectivity index (χ1n) is 8.59. The molecule has 4 heterocycles. The van der Waals surface area contributed by atoms with E-state index < -0.39 is 0 Å². The zero-order valence-corrected chi connectivity index (χ0v) is 15.1. The molecule has 0 aliphatic rings. The quantitative estimate of drug-likeness (QED) is 0.502. The molecule has 9 nitrogen and oxygen atoms in total. The number of benzene rings is 1. The molecule has 0 fully saturated rings. The molecular formula is C19H15N7O2. The van der Waals surface area contributed by atoms with Crippen molar-refractivity contribution < 1.29 is 4.74 Å². The summed E-state index contributed by atoms with van der Waals surface area (Å²) in [5, 5.41) is 15.1. The second kappa shape index (κ2) is 6.02. The predicted octanol–water partition coefficient (Wildman–Crippen LogP) is 2.34. The maximum Gasteiger partial charge on any atom is 0.274 e. The zero-order valence-electron chi connectivity index (χ0n) is 15.1. The molecule has 1 aromatic carbocycles. The predicted molar refractivity (Wildman–Crippen MR) is 103 cm³/mol. The van der Waals surface area contributed by atoms with E-state index >= 15 is 0 Å². The first kappa shape index (κ1) is 16.2. The standard InChI is InChI=1S/C19H15N7O2/c1-10-16(12-5-3-4-8-20-12)19-21-14(9-15(27)26(19)24-10)11-6-7-13-17(18(11)28-2)23-25-22-13/h3-9,21H,1-2H3,(H,22,23,25). The molecule has 0 saturated carbocycles. The van der Waals surface area contributed by atoms with Gasteiger partial charge in [0.1, 0.15) is 5.65 Å². The average molecular weight is 373 g/mol. The van der Waals surface area contributed by atoms with Crippen LogP contribution in [0.1, 0.15) is 5.69 Å². The lowest BCUT2D eigenvalue weighted by molar-refractivity contribution is 0.420. The number of aryl methyl sites for hydroxylation is 1. The molecule has 0 radical (unpaired) electrons. The summed E-state index contributed by atoms with van der Waals surface area (Å²) >= 11 is 0. The van der Waals surface area contributed by atoms with Crippen LogP contribution in [0.2, 0.25) is 0 Å². The van der Waals surface area contributed by atoms with Crippen LogP contribution in [-0.4, -0.2) is 42.1 Å². The van der Waals surface area contributed by atoms with Gasteiger partial charge in [0.05, 0.1) is 35.3 Å². The minimum Gasteiger partial charge on any atom is -0.494 e. The molecule has 28 heavy (non-hydrogen) atoms. The molecule has 4 aromatic heterocycles. The molecule has 138 valence electrons. The molecule has 5 rings (SSSR count). The Balaban J connectivity index is 1.82. The first-order valence-corrected chi connectivity index (χ1v) is 8.59. The Labute approximate surface area is 158 Å². The second-order valence-corrected chi connectivity index (χ2v) is 6.31. The van der Waals surface area contributed by atoms with Crippen molar-refractivity contribution in [1.29, 1.82) is 0 Å². The first-order chi connectivity index (χ1) is 13.7. The van der Waals surface area contributed by atoms with Crippen LogP contribution in [0.5, 0.6) is 5.75 Å². The van der Waals surface area contributed by atoms with E-state index in [9.17, 15) is 4.79 Å². The van der Waals surface area contributed by atoms with Gasteiger partial charge in [0.2, 0.25) is 0 Å². The lowest BCUT2D eigenvalue weighted by Crippen LogP contribution is -2.14. The Morgan fingerprint density at radius 2 is 2.07 bits per heavy atom. The van der Waals surface area contributed by atoms with Crippen LogP contribution in [0.4, 0.5) is 0 Å². The number of H-pyrrole nitrogens is 2. The Kier molecular flexibility index (Phi) is 3.48. The number of hydrogen-bond donors (Lipinski definition) is 2. The number of aromatic nitrogens is 7. The molecule has 0 spiro atoms. The minimum atomic E-state index is -0.253. The van der Waals surface area contributed by atoms with E-state index in [0.29, 0.717) is 33.9 Å². The van der Waals surface area contributed by atoms with E-state index in [4.69, 9.17) is 4.74 Å². The maximum absolute atomic E-state index is 12.8. The molecule has 5 aromatic rings. The maximum atomic E-state index is 12.8. The van der Waals surface area contributed by atoms with Gasteiger partial charge in [-0.05, 0) is 31.2 Å². The summed E-state index contributed by atoms with van der Waals surface area (Å²) in [6, 6.07) is 10.8. The second-order valence-electron chi connectivity index (χ2n) is 6.31. The van der Waals surface area contributed by atoms with Gasteiger partial charge in [-0.2, -0.15) is 9.61 Å². The molecule has 0 bridgehead atoms. The van der Waals surface area contributed by atoms with Gasteiger partial charge in [-0.3, -0.25) is 14.9 Å². The van der Waals surface area contributed by atoms with Crippen LogP contribution in [0.25, 0.3) is 39.2 Å². The highest BCUT2D eigenvalue weighted by atomic mass is 16.5. The van der Waals surface area contributed by atoms with Crippen LogP contribution < -0.4 is 10.3 Å². The average Bonchev–Trinajstić information content (AvgIpc) is 3.31. The van der Waals surface area contributed by atoms with Crippen molar-refractivity contribution in [1.82, 2.24) is 35.0 Å². The lowest BCUT2D eigenvalue weighted by Gasteiger charge is -2.09. The fraction of sp³-hybridized carbons (Fsp3) is 0.105. The smallest absolute Gasteiger partial charge is 0.274 e. The lowest BCUT2D eigenvalue weighted by atomic mass is 10.1. The van der Waals surface area contributed by atoms with Gasteiger partial charge in [-0.15, -0.1) is 5.10 Å². The summed E-state index contributed by atoms with van der Waals surface area (Å²) in [4.78, 5) is 20.5. The Morgan fingerprint density at radius 3 is 2.86 bits per heavy atom. The molecule has 0 saturated heterocycles. The van der Waals surface area contributed by atoms with Gasteiger partial charge in [-0.25, -0.2) is 0 Å². The van der Waals surface area contributed by atoms with Crippen molar-refractivity contribution in [2.45, 2.75) is 6.92 Å². The van der Waals surface area contributed by atoms with Gasteiger partial charge >= 0.3 is 0 Å². The van der Waals surface area contributed by atoms with E-state index in [-0.39, 0.29) is 5.56 Å². The van der Waals surface area contributed by atoms with Crippen molar-refractivity contribution in [3.63, 3.8) is 0 Å². The molecule has 0 aliphatic carbocycles. The highest BCUT2D eigenvalue weighted by Crippen LogP contribution is 2.34. The van der Waals surface area contributed by atoms with Crippen LogP contribution >= 0.6 is 0 Å². The van der Waals surface area contributed by atoms with Gasteiger partial charge in [0.25, 0.3) is 5.56 Å². The number of methoxy groups -OCH3 is 1. The fourth-order valence-corrected chi connectivity index (χ4v) is 3.42. The van der Waals surface area contributed by atoms with Crippen LogP contribution in [0.3, 0.4) is 0 Å². The number of nitrogens with zero attached hydrogens (tertiary/aromatic N) is 5. The van der Waals surface area contributed by atoms with Gasteiger partial charge in [0.15, 0.2) is 11.3 Å². The Hall–Kier alpha value is -4.01. The third-order valence-electron chi connectivity index (χ3n) is 4.66. The Morgan fingerprint density at radius 1 is 1.18 bits per heavy atom. The van der Waals surface area contributed by atoms with Crippen molar-refractivity contribution in [3.05, 3.63) is 58.6 Å². The van der Waals surface area contributed by atoms with E-state index in [1.165, 1.54) is 10.6 Å². The summed E-state index contributed by atoms with van der Waals surface area (Å²) < 4.78 is 6.92. The van der Waals surface area contributed by atoms with E-state index in [1.807, 2.05) is 37.3 Å². The van der Waals surface area contributed by atoms with Crippen LogP contribution in [-0.2, 0) is 0 Å². The summed E-state index contributed by atoms with van der Waals surface area (Å²) in [6.07, 6.45) is 1.71. The summed E-state index contributed by atoms with van der Waals surface area (Å²) in [5.41, 5.74) is 5.18. The zero-order chi connectivity index (χ0) is 19.3. The largest absolute Gasteiger partial charge is 0.494 e. The molecule has 2 N–H and O–H groups in total. The summed E-state index contributed by atoms with van der Waals surface area (Å²) in [5.74, 6) is 0.530. The van der Waals surface area contributed by atoms with Crippen molar-refractivity contribution in [2.24, 2.45) is 0 Å². The van der Waals surface area contributed by atoms with Gasteiger partial charge in [-0.1, -0.05) is 11.3 Å². The normalized spacial score (nSPS) is 11.4. The summed E-state index contributed by atoms with van der Waals surface area (Å²) in [6.45, 7) is 1.85. The molecular weight excluding hydrogens is 358 g/mol. The number of nitrogens with one attached hydrogen (secondary N) is 2. The summed E-state index contributed by atoms with van der Waals surface area (Å²) in [7, 11) is 1.56.